The maximum absolute atomic E-state index is 13.5. The summed E-state index contributed by atoms with van der Waals surface area (Å²) in [4.78, 5) is 11.8. The van der Waals surface area contributed by atoms with Crippen LogP contribution in [-0.2, 0) is 4.79 Å². The van der Waals surface area contributed by atoms with Gasteiger partial charge < -0.3 is 20.1 Å². The van der Waals surface area contributed by atoms with Gasteiger partial charge in [-0.05, 0) is 24.3 Å². The summed E-state index contributed by atoms with van der Waals surface area (Å²) in [5.41, 5.74) is 0.163. The number of ether oxygens (including phenoxy) is 2. The van der Waals surface area contributed by atoms with Crippen LogP contribution < -0.4 is 20.1 Å². The van der Waals surface area contributed by atoms with E-state index in [0.717, 1.165) is 12.1 Å². The quantitative estimate of drug-likeness (QED) is 0.849. The lowest BCUT2D eigenvalue weighted by atomic mass is 10.2. The summed E-state index contributed by atoms with van der Waals surface area (Å²) in [6.45, 7) is -0.208. The van der Waals surface area contributed by atoms with E-state index in [1.807, 2.05) is 0 Å². The third-order valence-electron chi connectivity index (χ3n) is 3.13. The van der Waals surface area contributed by atoms with E-state index in [9.17, 15) is 18.0 Å². The van der Waals surface area contributed by atoms with Crippen molar-refractivity contribution < 1.29 is 27.4 Å². The van der Waals surface area contributed by atoms with Gasteiger partial charge in [0.05, 0.1) is 12.2 Å². The monoisotopic (exact) mass is 324 g/mol. The van der Waals surface area contributed by atoms with Crippen molar-refractivity contribution in [2.75, 3.05) is 24.0 Å². The topological polar surface area (TPSA) is 59.6 Å². The van der Waals surface area contributed by atoms with Gasteiger partial charge in [0.25, 0.3) is 0 Å². The fourth-order valence-electron chi connectivity index (χ4n) is 2.02. The minimum Gasteiger partial charge on any atom is -0.454 e. The minimum absolute atomic E-state index is 0.115. The smallest absolute Gasteiger partial charge is 0.243 e. The van der Waals surface area contributed by atoms with Gasteiger partial charge in [0.15, 0.2) is 29.0 Å². The predicted octanol–water partition coefficient (Wildman–Crippen LogP) is 2.88. The predicted molar refractivity (Wildman–Crippen MR) is 76.0 cm³/mol. The summed E-state index contributed by atoms with van der Waals surface area (Å²) in [7, 11) is 0. The Morgan fingerprint density at radius 3 is 2.65 bits per heavy atom. The molecule has 8 heteroatoms. The average Bonchev–Trinajstić information content (AvgIpc) is 2.99. The minimum atomic E-state index is -1.59. The van der Waals surface area contributed by atoms with Crippen molar-refractivity contribution >= 4 is 17.3 Å². The van der Waals surface area contributed by atoms with Crippen LogP contribution in [0.3, 0.4) is 0 Å². The third kappa shape index (κ3) is 3.15. The standard InChI is InChI=1S/C15H11F3N2O3/c16-9-2-3-10(15(18)14(9)17)19-6-13(21)20-8-1-4-11-12(5-8)23-7-22-11/h1-5,19H,6-7H2,(H,20,21). The summed E-state index contributed by atoms with van der Waals surface area (Å²) in [6, 6.07) is 6.63. The van der Waals surface area contributed by atoms with Crippen LogP contribution in [0.25, 0.3) is 0 Å². The van der Waals surface area contributed by atoms with E-state index in [0.29, 0.717) is 17.2 Å². The number of anilines is 2. The Morgan fingerprint density at radius 2 is 1.83 bits per heavy atom. The Labute approximate surface area is 129 Å². The summed E-state index contributed by atoms with van der Waals surface area (Å²) in [5.74, 6) is -3.68. The second-order valence-electron chi connectivity index (χ2n) is 4.69. The van der Waals surface area contributed by atoms with E-state index in [-0.39, 0.29) is 19.0 Å². The fraction of sp³-hybridized carbons (Fsp3) is 0.133. The maximum atomic E-state index is 13.5. The molecule has 0 aliphatic carbocycles. The Balaban J connectivity index is 1.61. The van der Waals surface area contributed by atoms with Crippen LogP contribution in [0, 0.1) is 17.5 Å². The van der Waals surface area contributed by atoms with Gasteiger partial charge in [-0.2, -0.15) is 0 Å². The van der Waals surface area contributed by atoms with Crippen molar-refractivity contribution in [1.82, 2.24) is 0 Å². The molecule has 2 aromatic rings. The molecular weight excluding hydrogens is 313 g/mol. The number of fused-ring (bicyclic) bond motifs is 1. The second-order valence-corrected chi connectivity index (χ2v) is 4.69. The lowest BCUT2D eigenvalue weighted by Crippen LogP contribution is -2.22. The molecular formula is C15H11F3N2O3. The lowest BCUT2D eigenvalue weighted by Gasteiger charge is -2.09. The molecule has 0 radical (unpaired) electrons. The molecule has 23 heavy (non-hydrogen) atoms. The molecule has 2 aromatic carbocycles. The lowest BCUT2D eigenvalue weighted by molar-refractivity contribution is -0.114. The highest BCUT2D eigenvalue weighted by Crippen LogP contribution is 2.34. The summed E-state index contributed by atoms with van der Waals surface area (Å²) >= 11 is 0. The zero-order chi connectivity index (χ0) is 16.4. The van der Waals surface area contributed by atoms with Crippen molar-refractivity contribution in [1.29, 1.82) is 0 Å². The maximum Gasteiger partial charge on any atom is 0.243 e. The number of amides is 1. The highest BCUT2D eigenvalue weighted by molar-refractivity contribution is 5.94. The van der Waals surface area contributed by atoms with Crippen molar-refractivity contribution in [3.63, 3.8) is 0 Å². The first kappa shape index (κ1) is 15.0. The summed E-state index contributed by atoms with van der Waals surface area (Å²) < 4.78 is 49.7. The molecule has 0 aromatic heterocycles. The van der Waals surface area contributed by atoms with E-state index in [1.54, 1.807) is 18.2 Å². The largest absolute Gasteiger partial charge is 0.454 e. The molecule has 0 atom stereocenters. The number of carbonyl (C=O) groups is 1. The second kappa shape index (κ2) is 6.07. The molecule has 1 heterocycles. The molecule has 5 nitrogen and oxygen atoms in total. The molecule has 1 aliphatic rings. The SMILES string of the molecule is O=C(CNc1ccc(F)c(F)c1F)Nc1ccc2c(c1)OCO2. The molecule has 0 fully saturated rings. The Hall–Kier alpha value is -2.90. The molecule has 3 rings (SSSR count). The number of carbonyl (C=O) groups excluding carboxylic acids is 1. The Morgan fingerprint density at radius 1 is 1.04 bits per heavy atom. The molecule has 120 valence electrons. The first-order valence-electron chi connectivity index (χ1n) is 6.61. The van der Waals surface area contributed by atoms with Crippen LogP contribution in [0.15, 0.2) is 30.3 Å². The van der Waals surface area contributed by atoms with E-state index in [1.165, 1.54) is 0 Å². The molecule has 1 amide bonds. The summed E-state index contributed by atoms with van der Waals surface area (Å²) in [6.07, 6.45) is 0. The Bertz CT molecular complexity index is 768. The van der Waals surface area contributed by atoms with Crippen LogP contribution in [0.4, 0.5) is 24.5 Å². The molecule has 2 N–H and O–H groups in total. The van der Waals surface area contributed by atoms with Gasteiger partial charge in [-0.15, -0.1) is 0 Å². The summed E-state index contributed by atoms with van der Waals surface area (Å²) in [5, 5.41) is 4.96. The molecule has 0 spiro atoms. The molecule has 0 unspecified atom stereocenters. The fourth-order valence-corrected chi connectivity index (χ4v) is 2.02. The van der Waals surface area contributed by atoms with Gasteiger partial charge in [-0.25, -0.2) is 13.2 Å². The van der Waals surface area contributed by atoms with Gasteiger partial charge in [-0.1, -0.05) is 0 Å². The highest BCUT2D eigenvalue weighted by atomic mass is 19.2. The van der Waals surface area contributed by atoms with Gasteiger partial charge in [0, 0.05) is 11.8 Å². The van der Waals surface area contributed by atoms with E-state index >= 15 is 0 Å². The Kier molecular flexibility index (Phi) is 3.96. The number of benzene rings is 2. The van der Waals surface area contributed by atoms with Crippen LogP contribution in [0.5, 0.6) is 11.5 Å². The number of halogens is 3. The van der Waals surface area contributed by atoms with Gasteiger partial charge in [0.2, 0.25) is 12.7 Å². The van der Waals surface area contributed by atoms with Crippen molar-refractivity contribution in [3.05, 3.63) is 47.8 Å². The van der Waals surface area contributed by atoms with Crippen molar-refractivity contribution in [3.8, 4) is 11.5 Å². The molecule has 0 saturated carbocycles. The van der Waals surface area contributed by atoms with Crippen LogP contribution in [0.1, 0.15) is 0 Å². The number of nitrogens with one attached hydrogen (secondary N) is 2. The number of hydrogen-bond donors (Lipinski definition) is 2. The number of hydrogen-bond acceptors (Lipinski definition) is 4. The third-order valence-corrected chi connectivity index (χ3v) is 3.13. The van der Waals surface area contributed by atoms with Gasteiger partial charge >= 0.3 is 0 Å². The van der Waals surface area contributed by atoms with Crippen LogP contribution >= 0.6 is 0 Å². The van der Waals surface area contributed by atoms with E-state index in [4.69, 9.17) is 9.47 Å². The zero-order valence-corrected chi connectivity index (χ0v) is 11.7. The van der Waals surface area contributed by atoms with Crippen molar-refractivity contribution in [2.24, 2.45) is 0 Å². The molecule has 1 aliphatic heterocycles. The normalized spacial score (nSPS) is 12.1. The van der Waals surface area contributed by atoms with Gasteiger partial charge in [-0.3, -0.25) is 4.79 Å². The average molecular weight is 324 g/mol. The molecule has 0 saturated heterocycles. The van der Waals surface area contributed by atoms with Crippen LogP contribution in [0.2, 0.25) is 0 Å². The first-order chi connectivity index (χ1) is 11.0. The highest BCUT2D eigenvalue weighted by Gasteiger charge is 2.15. The first-order valence-corrected chi connectivity index (χ1v) is 6.61. The number of rotatable bonds is 4. The van der Waals surface area contributed by atoms with E-state index in [2.05, 4.69) is 10.6 Å². The zero-order valence-electron chi connectivity index (χ0n) is 11.7. The van der Waals surface area contributed by atoms with Crippen LogP contribution in [-0.4, -0.2) is 19.2 Å². The van der Waals surface area contributed by atoms with Crippen molar-refractivity contribution in [2.45, 2.75) is 0 Å². The van der Waals surface area contributed by atoms with Gasteiger partial charge in [0.1, 0.15) is 0 Å². The van der Waals surface area contributed by atoms with E-state index < -0.39 is 23.4 Å². The molecule has 0 bridgehead atoms.